The summed E-state index contributed by atoms with van der Waals surface area (Å²) in [7, 11) is 0. The van der Waals surface area contributed by atoms with Crippen molar-refractivity contribution in [3.63, 3.8) is 0 Å². The largest absolute Gasteiger partial charge is 0.459 e. The molecule has 0 radical (unpaired) electrons. The molecule has 3 heterocycles. The Morgan fingerprint density at radius 3 is 2.62 bits per heavy atom. The summed E-state index contributed by atoms with van der Waals surface area (Å²) in [5, 5.41) is 9.38. The number of furan rings is 1. The van der Waals surface area contributed by atoms with Crippen LogP contribution < -0.4 is 4.90 Å². The normalized spacial score (nSPS) is 18.7. The molecule has 2 aromatic heterocycles. The van der Waals surface area contributed by atoms with E-state index < -0.39 is 0 Å². The van der Waals surface area contributed by atoms with Gasteiger partial charge >= 0.3 is 0 Å². The summed E-state index contributed by atoms with van der Waals surface area (Å²) in [4.78, 5) is 20.9. The number of nitriles is 1. The number of hydrogen-bond acceptors (Lipinski definition) is 6. The van der Waals surface area contributed by atoms with Crippen LogP contribution in [0.25, 0.3) is 11.7 Å². The van der Waals surface area contributed by atoms with E-state index in [4.69, 9.17) is 8.83 Å². The second kappa shape index (κ2) is 7.24. The van der Waals surface area contributed by atoms with Gasteiger partial charge in [0.2, 0.25) is 17.5 Å². The maximum absolute atomic E-state index is 12.7. The number of hydrogen-bond donors (Lipinski definition) is 0. The van der Waals surface area contributed by atoms with E-state index in [0.29, 0.717) is 49.6 Å². The predicted molar refractivity (Wildman–Crippen MR) is 94.3 cm³/mol. The molecule has 7 heteroatoms. The highest BCUT2D eigenvalue weighted by Gasteiger charge is 2.30. The molecule has 1 aliphatic heterocycles. The summed E-state index contributed by atoms with van der Waals surface area (Å²) in [6, 6.07) is 5.59. The third kappa shape index (κ3) is 3.19. The van der Waals surface area contributed by atoms with Crippen molar-refractivity contribution in [2.75, 3.05) is 31.1 Å². The second-order valence-corrected chi connectivity index (χ2v) is 6.91. The van der Waals surface area contributed by atoms with Crippen molar-refractivity contribution in [3.05, 3.63) is 24.1 Å². The number of aromatic nitrogens is 1. The summed E-state index contributed by atoms with van der Waals surface area (Å²) in [6.07, 6.45) is 7.16. The molecule has 1 aliphatic carbocycles. The molecule has 136 valence electrons. The van der Waals surface area contributed by atoms with Crippen LogP contribution in [-0.2, 0) is 4.79 Å². The Morgan fingerprint density at radius 1 is 1.19 bits per heavy atom. The van der Waals surface area contributed by atoms with E-state index in [1.54, 1.807) is 18.4 Å². The van der Waals surface area contributed by atoms with E-state index in [0.717, 1.165) is 25.7 Å². The maximum atomic E-state index is 12.7. The summed E-state index contributed by atoms with van der Waals surface area (Å²) < 4.78 is 11.1. The number of rotatable bonds is 3. The van der Waals surface area contributed by atoms with E-state index in [2.05, 4.69) is 11.1 Å². The smallest absolute Gasteiger partial charge is 0.266 e. The van der Waals surface area contributed by atoms with Crippen molar-refractivity contribution in [2.45, 2.75) is 32.1 Å². The predicted octanol–water partition coefficient (Wildman–Crippen LogP) is 3.04. The molecule has 7 nitrogen and oxygen atoms in total. The lowest BCUT2D eigenvalue weighted by Crippen LogP contribution is -2.50. The van der Waals surface area contributed by atoms with Gasteiger partial charge < -0.3 is 18.6 Å². The van der Waals surface area contributed by atoms with E-state index in [9.17, 15) is 10.1 Å². The zero-order chi connectivity index (χ0) is 17.9. The number of oxazole rings is 1. The average molecular weight is 354 g/mol. The molecule has 0 bridgehead atoms. The van der Waals surface area contributed by atoms with E-state index in [-0.39, 0.29) is 11.6 Å². The number of nitrogens with zero attached hydrogens (tertiary/aromatic N) is 4. The Hall–Kier alpha value is -2.75. The first-order valence-corrected chi connectivity index (χ1v) is 9.25. The summed E-state index contributed by atoms with van der Waals surface area (Å²) in [5.41, 5.74) is 0.253. The highest BCUT2D eigenvalue weighted by Crippen LogP contribution is 2.30. The molecule has 0 atom stereocenters. The minimum Gasteiger partial charge on any atom is -0.459 e. The van der Waals surface area contributed by atoms with Crippen LogP contribution in [0.2, 0.25) is 0 Å². The lowest BCUT2D eigenvalue weighted by atomic mass is 9.88. The number of carbonyl (C=O) groups is 1. The third-order valence-electron chi connectivity index (χ3n) is 5.28. The fourth-order valence-corrected chi connectivity index (χ4v) is 3.84. The van der Waals surface area contributed by atoms with Crippen molar-refractivity contribution in [1.29, 1.82) is 5.26 Å². The quantitative estimate of drug-likeness (QED) is 0.842. The standard InChI is InChI=1S/C19H22N4O3/c20-13-15-19(26-17(21-15)16-7-4-12-25-16)23-10-8-22(9-11-23)18(24)14-5-2-1-3-6-14/h4,7,12,14H,1-3,5-6,8-11H2. The lowest BCUT2D eigenvalue weighted by molar-refractivity contribution is -0.136. The van der Waals surface area contributed by atoms with Crippen LogP contribution in [-0.4, -0.2) is 42.0 Å². The van der Waals surface area contributed by atoms with E-state index >= 15 is 0 Å². The number of amides is 1. The fourth-order valence-electron chi connectivity index (χ4n) is 3.84. The molecule has 1 amide bonds. The first-order valence-electron chi connectivity index (χ1n) is 9.25. The van der Waals surface area contributed by atoms with Crippen LogP contribution in [0, 0.1) is 17.2 Å². The molecular weight excluding hydrogens is 332 g/mol. The van der Waals surface area contributed by atoms with Gasteiger partial charge in [-0.3, -0.25) is 4.79 Å². The van der Waals surface area contributed by atoms with Crippen molar-refractivity contribution >= 4 is 11.8 Å². The Bertz CT molecular complexity index is 791. The van der Waals surface area contributed by atoms with Gasteiger partial charge in [-0.2, -0.15) is 10.2 Å². The molecule has 2 fully saturated rings. The zero-order valence-electron chi connectivity index (χ0n) is 14.7. The maximum Gasteiger partial charge on any atom is 0.266 e. The van der Waals surface area contributed by atoms with Crippen LogP contribution in [0.15, 0.2) is 27.2 Å². The number of carbonyl (C=O) groups excluding carboxylic acids is 1. The Kier molecular flexibility index (Phi) is 4.65. The van der Waals surface area contributed by atoms with Crippen LogP contribution >= 0.6 is 0 Å². The van der Waals surface area contributed by atoms with Gasteiger partial charge in [-0.25, -0.2) is 0 Å². The summed E-state index contributed by atoms with van der Waals surface area (Å²) in [5.74, 6) is 1.75. The first-order chi connectivity index (χ1) is 12.8. The number of piperazine rings is 1. The molecule has 0 N–H and O–H groups in total. The monoisotopic (exact) mass is 354 g/mol. The van der Waals surface area contributed by atoms with E-state index in [1.807, 2.05) is 9.80 Å². The topological polar surface area (TPSA) is 86.5 Å². The molecule has 0 spiro atoms. The van der Waals surface area contributed by atoms with Crippen molar-refractivity contribution in [2.24, 2.45) is 5.92 Å². The van der Waals surface area contributed by atoms with E-state index in [1.165, 1.54) is 6.42 Å². The van der Waals surface area contributed by atoms with Gasteiger partial charge in [-0.15, -0.1) is 0 Å². The van der Waals surface area contributed by atoms with Crippen molar-refractivity contribution < 1.29 is 13.6 Å². The molecule has 0 unspecified atom stereocenters. The molecule has 1 saturated heterocycles. The summed E-state index contributed by atoms with van der Waals surface area (Å²) in [6.45, 7) is 2.58. The lowest BCUT2D eigenvalue weighted by Gasteiger charge is -2.37. The van der Waals surface area contributed by atoms with Gasteiger partial charge in [0.25, 0.3) is 5.89 Å². The Labute approximate surface area is 152 Å². The third-order valence-corrected chi connectivity index (χ3v) is 5.28. The van der Waals surface area contributed by atoms with Gasteiger partial charge in [0.15, 0.2) is 5.76 Å². The fraction of sp³-hybridized carbons (Fsp3) is 0.526. The minimum absolute atomic E-state index is 0.195. The SMILES string of the molecule is N#Cc1nc(-c2ccco2)oc1N1CCN(C(=O)C2CCCCC2)CC1. The van der Waals surface area contributed by atoms with Gasteiger partial charge in [0.1, 0.15) is 6.07 Å². The molecule has 1 saturated carbocycles. The van der Waals surface area contributed by atoms with Gasteiger partial charge in [0.05, 0.1) is 6.26 Å². The zero-order valence-corrected chi connectivity index (χ0v) is 14.7. The molecule has 4 rings (SSSR count). The van der Waals surface area contributed by atoms with Gasteiger partial charge in [-0.05, 0) is 25.0 Å². The molecule has 0 aromatic carbocycles. The first kappa shape index (κ1) is 16.7. The van der Waals surface area contributed by atoms with Crippen molar-refractivity contribution in [3.8, 4) is 17.7 Å². The Balaban J connectivity index is 1.43. The molecule has 2 aliphatic rings. The number of anilines is 1. The van der Waals surface area contributed by atoms with Gasteiger partial charge in [0, 0.05) is 32.1 Å². The van der Waals surface area contributed by atoms with Crippen LogP contribution in [0.1, 0.15) is 37.8 Å². The molecule has 2 aromatic rings. The highest BCUT2D eigenvalue weighted by atomic mass is 16.4. The minimum atomic E-state index is 0.195. The van der Waals surface area contributed by atoms with Gasteiger partial charge in [-0.1, -0.05) is 19.3 Å². The molecular formula is C19H22N4O3. The average Bonchev–Trinajstić information content (AvgIpc) is 3.37. The van der Waals surface area contributed by atoms with Crippen molar-refractivity contribution in [1.82, 2.24) is 9.88 Å². The van der Waals surface area contributed by atoms with Crippen LogP contribution in [0.5, 0.6) is 0 Å². The second-order valence-electron chi connectivity index (χ2n) is 6.91. The van der Waals surface area contributed by atoms with Crippen LogP contribution in [0.4, 0.5) is 5.88 Å². The summed E-state index contributed by atoms with van der Waals surface area (Å²) >= 11 is 0. The Morgan fingerprint density at radius 2 is 1.96 bits per heavy atom. The van der Waals surface area contributed by atoms with Crippen LogP contribution in [0.3, 0.4) is 0 Å². The molecule has 26 heavy (non-hydrogen) atoms. The highest BCUT2D eigenvalue weighted by molar-refractivity contribution is 5.79.